The summed E-state index contributed by atoms with van der Waals surface area (Å²) in [7, 11) is 0. The highest BCUT2D eigenvalue weighted by atomic mass is 16.3. The molecule has 0 spiro atoms. The molecule has 1 aliphatic rings. The average molecular weight is 233 g/mol. The lowest BCUT2D eigenvalue weighted by Gasteiger charge is -2.39. The second-order valence-electron chi connectivity index (χ2n) is 5.09. The van der Waals surface area contributed by atoms with Gasteiger partial charge in [0.25, 0.3) is 0 Å². The van der Waals surface area contributed by atoms with Gasteiger partial charge in [-0.25, -0.2) is 0 Å². The molecule has 0 aromatic heterocycles. The molecule has 1 aromatic carbocycles. The Morgan fingerprint density at radius 1 is 1.41 bits per heavy atom. The lowest BCUT2D eigenvalue weighted by atomic mass is 9.78. The van der Waals surface area contributed by atoms with E-state index in [2.05, 4.69) is 12.2 Å². The molecular formula is C14H19NO2. The summed E-state index contributed by atoms with van der Waals surface area (Å²) in [6, 6.07) is 9.30. The third kappa shape index (κ3) is 3.07. The zero-order valence-electron chi connectivity index (χ0n) is 10.1. The quantitative estimate of drug-likeness (QED) is 0.837. The van der Waals surface area contributed by atoms with E-state index in [4.69, 9.17) is 0 Å². The van der Waals surface area contributed by atoms with Crippen LogP contribution in [0.3, 0.4) is 0 Å². The van der Waals surface area contributed by atoms with Gasteiger partial charge < -0.3 is 10.4 Å². The zero-order chi connectivity index (χ0) is 12.3. The third-order valence-electron chi connectivity index (χ3n) is 3.46. The van der Waals surface area contributed by atoms with Crippen molar-refractivity contribution in [1.29, 1.82) is 0 Å². The molecular weight excluding hydrogens is 214 g/mol. The molecule has 1 unspecified atom stereocenters. The SMILES string of the molecule is CC1(NC(=O)CC(O)c2ccccc2)CCC1. The molecule has 1 fully saturated rings. The van der Waals surface area contributed by atoms with E-state index in [1.54, 1.807) is 0 Å². The van der Waals surface area contributed by atoms with Crippen LogP contribution in [-0.2, 0) is 4.79 Å². The average Bonchev–Trinajstić information content (AvgIpc) is 2.28. The second-order valence-corrected chi connectivity index (χ2v) is 5.09. The van der Waals surface area contributed by atoms with E-state index >= 15 is 0 Å². The first-order valence-electron chi connectivity index (χ1n) is 6.13. The van der Waals surface area contributed by atoms with Crippen LogP contribution in [0.15, 0.2) is 30.3 Å². The number of benzene rings is 1. The van der Waals surface area contributed by atoms with Crippen LogP contribution in [0.2, 0.25) is 0 Å². The number of nitrogens with one attached hydrogen (secondary N) is 1. The Bertz CT molecular complexity index is 384. The van der Waals surface area contributed by atoms with E-state index in [0.29, 0.717) is 0 Å². The summed E-state index contributed by atoms with van der Waals surface area (Å²) < 4.78 is 0. The molecule has 17 heavy (non-hydrogen) atoms. The number of aliphatic hydroxyl groups excluding tert-OH is 1. The van der Waals surface area contributed by atoms with Crippen LogP contribution in [0.1, 0.15) is 44.3 Å². The Morgan fingerprint density at radius 3 is 2.59 bits per heavy atom. The van der Waals surface area contributed by atoms with Crippen LogP contribution in [0, 0.1) is 0 Å². The van der Waals surface area contributed by atoms with Crippen molar-refractivity contribution >= 4 is 5.91 Å². The number of amides is 1. The topological polar surface area (TPSA) is 49.3 Å². The molecule has 92 valence electrons. The Labute approximate surface area is 102 Å². The first-order chi connectivity index (χ1) is 8.09. The lowest BCUT2D eigenvalue weighted by Crippen LogP contribution is -2.51. The van der Waals surface area contributed by atoms with E-state index < -0.39 is 6.10 Å². The Balaban J connectivity index is 1.86. The molecule has 2 rings (SSSR count). The van der Waals surface area contributed by atoms with Gasteiger partial charge in [0, 0.05) is 5.54 Å². The number of hydrogen-bond donors (Lipinski definition) is 2. The third-order valence-corrected chi connectivity index (χ3v) is 3.46. The number of hydrogen-bond acceptors (Lipinski definition) is 2. The van der Waals surface area contributed by atoms with Gasteiger partial charge in [-0.1, -0.05) is 30.3 Å². The fourth-order valence-corrected chi connectivity index (χ4v) is 2.19. The molecule has 0 saturated heterocycles. The maximum absolute atomic E-state index is 11.8. The van der Waals surface area contributed by atoms with Gasteiger partial charge in [0.15, 0.2) is 0 Å². The van der Waals surface area contributed by atoms with Crippen LogP contribution in [-0.4, -0.2) is 16.6 Å². The molecule has 1 amide bonds. The Hall–Kier alpha value is -1.35. The van der Waals surface area contributed by atoms with Crippen molar-refractivity contribution in [3.05, 3.63) is 35.9 Å². The summed E-state index contributed by atoms with van der Waals surface area (Å²) >= 11 is 0. The maximum atomic E-state index is 11.8. The predicted molar refractivity (Wildman–Crippen MR) is 66.4 cm³/mol. The van der Waals surface area contributed by atoms with Gasteiger partial charge in [-0.05, 0) is 31.7 Å². The van der Waals surface area contributed by atoms with Crippen molar-refractivity contribution in [3.8, 4) is 0 Å². The molecule has 1 atom stereocenters. The van der Waals surface area contributed by atoms with Gasteiger partial charge in [0.05, 0.1) is 12.5 Å². The predicted octanol–water partition coefficient (Wildman–Crippen LogP) is 2.17. The van der Waals surface area contributed by atoms with E-state index in [9.17, 15) is 9.90 Å². The van der Waals surface area contributed by atoms with Crippen LogP contribution < -0.4 is 5.32 Å². The van der Waals surface area contributed by atoms with Crippen molar-refractivity contribution in [3.63, 3.8) is 0 Å². The van der Waals surface area contributed by atoms with Crippen LogP contribution >= 0.6 is 0 Å². The van der Waals surface area contributed by atoms with Crippen LogP contribution in [0.5, 0.6) is 0 Å². The molecule has 0 aliphatic heterocycles. The number of rotatable bonds is 4. The monoisotopic (exact) mass is 233 g/mol. The fraction of sp³-hybridized carbons (Fsp3) is 0.500. The molecule has 3 nitrogen and oxygen atoms in total. The van der Waals surface area contributed by atoms with Gasteiger partial charge in [-0.3, -0.25) is 4.79 Å². The summed E-state index contributed by atoms with van der Waals surface area (Å²) in [5.74, 6) is -0.0662. The summed E-state index contributed by atoms with van der Waals surface area (Å²) in [6.45, 7) is 2.06. The minimum absolute atomic E-state index is 0.0342. The highest BCUT2D eigenvalue weighted by Gasteiger charge is 2.33. The Kier molecular flexibility index (Phi) is 3.48. The Morgan fingerprint density at radius 2 is 2.06 bits per heavy atom. The molecule has 1 aliphatic carbocycles. The van der Waals surface area contributed by atoms with Crippen LogP contribution in [0.4, 0.5) is 0 Å². The number of aliphatic hydroxyl groups is 1. The van der Waals surface area contributed by atoms with Crippen molar-refractivity contribution in [2.24, 2.45) is 0 Å². The standard InChI is InChI=1S/C14H19NO2/c1-14(8-5-9-14)15-13(17)10-12(16)11-6-3-2-4-7-11/h2-4,6-7,12,16H,5,8-10H2,1H3,(H,15,17). The second kappa shape index (κ2) is 4.88. The van der Waals surface area contributed by atoms with Gasteiger partial charge in [0.1, 0.15) is 0 Å². The van der Waals surface area contributed by atoms with E-state index in [1.807, 2.05) is 30.3 Å². The van der Waals surface area contributed by atoms with E-state index in [1.165, 1.54) is 6.42 Å². The number of carbonyl (C=O) groups excluding carboxylic acids is 1. The van der Waals surface area contributed by atoms with Crippen molar-refractivity contribution in [2.45, 2.75) is 44.2 Å². The molecule has 3 heteroatoms. The summed E-state index contributed by atoms with van der Waals surface area (Å²) in [5, 5.41) is 12.9. The smallest absolute Gasteiger partial charge is 0.223 e. The molecule has 1 saturated carbocycles. The van der Waals surface area contributed by atoms with Crippen molar-refractivity contribution in [1.82, 2.24) is 5.32 Å². The molecule has 1 aromatic rings. The van der Waals surface area contributed by atoms with Crippen LogP contribution in [0.25, 0.3) is 0 Å². The molecule has 0 heterocycles. The maximum Gasteiger partial charge on any atom is 0.223 e. The summed E-state index contributed by atoms with van der Waals surface area (Å²) in [4.78, 5) is 11.8. The molecule has 0 bridgehead atoms. The van der Waals surface area contributed by atoms with Crippen molar-refractivity contribution < 1.29 is 9.90 Å². The first kappa shape index (κ1) is 12.1. The van der Waals surface area contributed by atoms with Gasteiger partial charge in [-0.2, -0.15) is 0 Å². The lowest BCUT2D eigenvalue weighted by molar-refractivity contribution is -0.125. The number of carbonyl (C=O) groups is 1. The van der Waals surface area contributed by atoms with Gasteiger partial charge in [0.2, 0.25) is 5.91 Å². The minimum atomic E-state index is -0.708. The van der Waals surface area contributed by atoms with Gasteiger partial charge in [-0.15, -0.1) is 0 Å². The van der Waals surface area contributed by atoms with Gasteiger partial charge >= 0.3 is 0 Å². The fourth-order valence-electron chi connectivity index (χ4n) is 2.19. The minimum Gasteiger partial charge on any atom is -0.388 e. The highest BCUT2D eigenvalue weighted by molar-refractivity contribution is 5.77. The summed E-state index contributed by atoms with van der Waals surface area (Å²) in [6.07, 6.45) is 2.69. The summed E-state index contributed by atoms with van der Waals surface area (Å²) in [5.41, 5.74) is 0.759. The highest BCUT2D eigenvalue weighted by Crippen LogP contribution is 2.31. The molecule has 2 N–H and O–H groups in total. The zero-order valence-corrected chi connectivity index (χ0v) is 10.1. The van der Waals surface area contributed by atoms with E-state index in [0.717, 1.165) is 18.4 Å². The van der Waals surface area contributed by atoms with Crippen molar-refractivity contribution in [2.75, 3.05) is 0 Å². The normalized spacial score (nSPS) is 19.2. The molecule has 0 radical (unpaired) electrons. The largest absolute Gasteiger partial charge is 0.388 e. The van der Waals surface area contributed by atoms with E-state index in [-0.39, 0.29) is 17.9 Å². The first-order valence-corrected chi connectivity index (χ1v) is 6.13.